The fraction of sp³-hybridized carbons (Fsp3) is 0.158. The van der Waals surface area contributed by atoms with E-state index in [1.807, 2.05) is 31.2 Å². The molecule has 1 atom stereocenters. The Bertz CT molecular complexity index is 856. The molecular formula is C19H19N3O3. The van der Waals surface area contributed by atoms with Gasteiger partial charge in [-0.25, -0.2) is 4.79 Å². The molecule has 0 saturated heterocycles. The maximum Gasteiger partial charge on any atom is 0.319 e. The second-order valence-electron chi connectivity index (χ2n) is 5.99. The Labute approximate surface area is 145 Å². The number of anilines is 1. The van der Waals surface area contributed by atoms with Crippen LogP contribution in [-0.4, -0.2) is 17.0 Å². The Hall–Kier alpha value is -3.28. The zero-order chi connectivity index (χ0) is 18.0. The van der Waals surface area contributed by atoms with Gasteiger partial charge in [0.05, 0.1) is 11.6 Å². The van der Waals surface area contributed by atoms with Crippen molar-refractivity contribution in [2.45, 2.75) is 19.9 Å². The molecule has 0 fully saturated rings. The predicted octanol–water partition coefficient (Wildman–Crippen LogP) is 2.97. The number of aryl methyl sites for hydroxylation is 1. The Balaban J connectivity index is 1.94. The molecule has 3 amide bonds. The normalized spacial score (nSPS) is 16.9. The maximum atomic E-state index is 12.8. The van der Waals surface area contributed by atoms with Gasteiger partial charge >= 0.3 is 6.03 Å². The van der Waals surface area contributed by atoms with Crippen molar-refractivity contribution in [2.75, 3.05) is 5.32 Å². The zero-order valence-electron chi connectivity index (χ0n) is 14.0. The molecule has 3 rings (SSSR count). The summed E-state index contributed by atoms with van der Waals surface area (Å²) in [5.41, 5.74) is 3.35. The number of hydrogen-bond acceptors (Lipinski definition) is 3. The smallest absolute Gasteiger partial charge is 0.319 e. The quantitative estimate of drug-likeness (QED) is 0.694. The van der Waals surface area contributed by atoms with Crippen molar-refractivity contribution in [1.29, 1.82) is 0 Å². The fourth-order valence-corrected chi connectivity index (χ4v) is 2.83. The SMILES string of the molecule is CC1=C(C(=O)Nc2cccc(C)c2)[C@H](c2ccc(O)cc2)NC(=O)N1. The number of aromatic hydroxyl groups is 1. The third kappa shape index (κ3) is 3.63. The van der Waals surface area contributed by atoms with Crippen molar-refractivity contribution >= 4 is 17.6 Å². The lowest BCUT2D eigenvalue weighted by Crippen LogP contribution is -2.45. The van der Waals surface area contributed by atoms with E-state index in [0.29, 0.717) is 22.5 Å². The minimum absolute atomic E-state index is 0.121. The topological polar surface area (TPSA) is 90.5 Å². The molecule has 0 bridgehead atoms. The molecule has 2 aromatic carbocycles. The van der Waals surface area contributed by atoms with Gasteiger partial charge in [-0.3, -0.25) is 4.79 Å². The highest BCUT2D eigenvalue weighted by Gasteiger charge is 2.31. The number of phenolic OH excluding ortho intramolecular Hbond substituents is 1. The molecule has 4 N–H and O–H groups in total. The van der Waals surface area contributed by atoms with Gasteiger partial charge in [-0.15, -0.1) is 0 Å². The van der Waals surface area contributed by atoms with Crippen LogP contribution >= 0.6 is 0 Å². The first-order chi connectivity index (χ1) is 11.9. The number of benzene rings is 2. The molecule has 0 radical (unpaired) electrons. The van der Waals surface area contributed by atoms with E-state index in [1.54, 1.807) is 19.1 Å². The van der Waals surface area contributed by atoms with Gasteiger partial charge in [-0.1, -0.05) is 24.3 Å². The third-order valence-corrected chi connectivity index (χ3v) is 4.02. The van der Waals surface area contributed by atoms with E-state index >= 15 is 0 Å². The van der Waals surface area contributed by atoms with E-state index in [2.05, 4.69) is 16.0 Å². The van der Waals surface area contributed by atoms with Gasteiger partial charge in [0.2, 0.25) is 0 Å². The van der Waals surface area contributed by atoms with Crippen LogP contribution in [0.4, 0.5) is 10.5 Å². The van der Waals surface area contributed by atoms with E-state index in [9.17, 15) is 14.7 Å². The molecule has 6 heteroatoms. The summed E-state index contributed by atoms with van der Waals surface area (Å²) in [6.45, 7) is 3.64. The van der Waals surface area contributed by atoms with Gasteiger partial charge in [0.15, 0.2) is 0 Å². The summed E-state index contributed by atoms with van der Waals surface area (Å²) in [6.07, 6.45) is 0. The first-order valence-electron chi connectivity index (χ1n) is 7.89. The van der Waals surface area contributed by atoms with Crippen LogP contribution in [0, 0.1) is 6.92 Å². The van der Waals surface area contributed by atoms with Crippen LogP contribution in [0.2, 0.25) is 0 Å². The molecule has 0 saturated carbocycles. The van der Waals surface area contributed by atoms with Crippen LogP contribution in [-0.2, 0) is 4.79 Å². The second kappa shape index (κ2) is 6.68. The van der Waals surface area contributed by atoms with Gasteiger partial charge in [-0.05, 0) is 49.2 Å². The Kier molecular flexibility index (Phi) is 4.43. The van der Waals surface area contributed by atoms with Gasteiger partial charge < -0.3 is 21.1 Å². The minimum Gasteiger partial charge on any atom is -0.508 e. The summed E-state index contributed by atoms with van der Waals surface area (Å²) >= 11 is 0. The standard InChI is InChI=1S/C19H19N3O3/c1-11-4-3-5-14(10-11)21-18(24)16-12(2)20-19(25)22-17(16)13-6-8-15(23)9-7-13/h3-10,17,23H,1-2H3,(H,21,24)(H2,20,22,25)/t17-/m0/s1. The van der Waals surface area contributed by atoms with Gasteiger partial charge in [0.1, 0.15) is 5.75 Å². The minimum atomic E-state index is -0.598. The van der Waals surface area contributed by atoms with Crippen molar-refractivity contribution < 1.29 is 14.7 Å². The molecule has 2 aromatic rings. The summed E-state index contributed by atoms with van der Waals surface area (Å²) in [5, 5.41) is 17.7. The molecule has 1 heterocycles. The van der Waals surface area contributed by atoms with Gasteiger partial charge in [-0.2, -0.15) is 0 Å². The van der Waals surface area contributed by atoms with E-state index in [0.717, 1.165) is 5.56 Å². The first kappa shape index (κ1) is 16.6. The molecule has 0 aromatic heterocycles. The summed E-state index contributed by atoms with van der Waals surface area (Å²) in [7, 11) is 0. The number of carbonyl (C=O) groups excluding carboxylic acids is 2. The molecule has 6 nitrogen and oxygen atoms in total. The van der Waals surface area contributed by atoms with Crippen molar-refractivity contribution in [3.8, 4) is 5.75 Å². The van der Waals surface area contributed by atoms with Crippen molar-refractivity contribution in [2.24, 2.45) is 0 Å². The average molecular weight is 337 g/mol. The Morgan fingerprint density at radius 1 is 1.12 bits per heavy atom. The van der Waals surface area contributed by atoms with Crippen LogP contribution in [0.25, 0.3) is 0 Å². The Morgan fingerprint density at radius 3 is 2.52 bits per heavy atom. The number of carbonyl (C=O) groups is 2. The van der Waals surface area contributed by atoms with Crippen molar-refractivity contribution in [3.63, 3.8) is 0 Å². The third-order valence-electron chi connectivity index (χ3n) is 4.02. The zero-order valence-corrected chi connectivity index (χ0v) is 14.0. The van der Waals surface area contributed by atoms with E-state index < -0.39 is 6.04 Å². The fourth-order valence-electron chi connectivity index (χ4n) is 2.83. The van der Waals surface area contributed by atoms with Crippen LogP contribution in [0.15, 0.2) is 59.8 Å². The summed E-state index contributed by atoms with van der Waals surface area (Å²) < 4.78 is 0. The maximum absolute atomic E-state index is 12.8. The van der Waals surface area contributed by atoms with Crippen LogP contribution in [0.1, 0.15) is 24.1 Å². The van der Waals surface area contributed by atoms with Crippen molar-refractivity contribution in [3.05, 3.63) is 70.9 Å². The Morgan fingerprint density at radius 2 is 1.84 bits per heavy atom. The van der Waals surface area contributed by atoms with E-state index in [1.165, 1.54) is 12.1 Å². The monoisotopic (exact) mass is 337 g/mol. The number of allylic oxidation sites excluding steroid dienone is 1. The summed E-state index contributed by atoms with van der Waals surface area (Å²) in [5.74, 6) is -0.177. The first-order valence-corrected chi connectivity index (χ1v) is 7.89. The summed E-state index contributed by atoms with van der Waals surface area (Å²) in [6, 6.07) is 12.9. The number of urea groups is 1. The highest BCUT2D eigenvalue weighted by atomic mass is 16.3. The molecule has 0 spiro atoms. The van der Waals surface area contributed by atoms with Crippen LogP contribution in [0.3, 0.4) is 0 Å². The molecule has 0 aliphatic carbocycles. The largest absolute Gasteiger partial charge is 0.508 e. The lowest BCUT2D eigenvalue weighted by Gasteiger charge is -2.28. The molecular weight excluding hydrogens is 318 g/mol. The number of nitrogens with one attached hydrogen (secondary N) is 3. The molecule has 128 valence electrons. The lowest BCUT2D eigenvalue weighted by molar-refractivity contribution is -0.113. The molecule has 1 aliphatic rings. The molecule has 0 unspecified atom stereocenters. The van der Waals surface area contributed by atoms with Crippen LogP contribution < -0.4 is 16.0 Å². The average Bonchev–Trinajstić information content (AvgIpc) is 2.54. The lowest BCUT2D eigenvalue weighted by atomic mass is 9.94. The van der Waals surface area contributed by atoms with Gasteiger partial charge in [0.25, 0.3) is 5.91 Å². The number of amides is 3. The highest BCUT2D eigenvalue weighted by Crippen LogP contribution is 2.28. The number of rotatable bonds is 3. The summed E-state index contributed by atoms with van der Waals surface area (Å²) in [4.78, 5) is 24.7. The molecule has 25 heavy (non-hydrogen) atoms. The predicted molar refractivity (Wildman–Crippen MR) is 95.0 cm³/mol. The van der Waals surface area contributed by atoms with E-state index in [4.69, 9.17) is 0 Å². The number of hydrogen-bond donors (Lipinski definition) is 4. The van der Waals surface area contributed by atoms with E-state index in [-0.39, 0.29) is 17.7 Å². The highest BCUT2D eigenvalue weighted by molar-refractivity contribution is 6.06. The second-order valence-corrected chi connectivity index (χ2v) is 5.99. The van der Waals surface area contributed by atoms with Crippen molar-refractivity contribution in [1.82, 2.24) is 10.6 Å². The van der Waals surface area contributed by atoms with Crippen LogP contribution in [0.5, 0.6) is 5.75 Å². The number of phenols is 1. The molecule has 1 aliphatic heterocycles. The van der Waals surface area contributed by atoms with Gasteiger partial charge in [0, 0.05) is 11.4 Å².